The second-order valence-corrected chi connectivity index (χ2v) is 4.05. The van der Waals surface area contributed by atoms with Gasteiger partial charge in [0, 0.05) is 6.54 Å². The Bertz CT molecular complexity index is 176. The first-order valence-electron chi connectivity index (χ1n) is 4.56. The van der Waals surface area contributed by atoms with E-state index in [0.717, 1.165) is 0 Å². The third-order valence-corrected chi connectivity index (χ3v) is 1.28. The fraction of sp³-hybridized carbons (Fsp3) is 0.889. The van der Waals surface area contributed by atoms with E-state index in [2.05, 4.69) is 5.32 Å². The molecule has 0 aromatic heterocycles. The first-order valence-corrected chi connectivity index (χ1v) is 4.56. The van der Waals surface area contributed by atoms with Crippen LogP contribution < -0.4 is 5.32 Å². The molecule has 0 aromatic carbocycles. The number of carbonyl (C=O) groups is 1. The van der Waals surface area contributed by atoms with E-state index in [1.165, 1.54) is 0 Å². The summed E-state index contributed by atoms with van der Waals surface area (Å²) in [4.78, 5) is 11.1. The van der Waals surface area contributed by atoms with Crippen LogP contribution in [0, 0.1) is 0 Å². The Hall–Kier alpha value is -0.650. The molecule has 0 bridgehead atoms. The van der Waals surface area contributed by atoms with Gasteiger partial charge in [-0.1, -0.05) is 0 Å². The molecule has 0 radical (unpaired) electrons. The summed E-state index contributed by atoms with van der Waals surface area (Å²) in [5, 5.41) is 20.1. The highest BCUT2D eigenvalue weighted by Crippen LogP contribution is 2.05. The van der Waals surface area contributed by atoms with Gasteiger partial charge in [0.05, 0.1) is 19.3 Å². The van der Waals surface area contributed by atoms with Gasteiger partial charge in [0.2, 0.25) is 0 Å². The summed E-state index contributed by atoms with van der Waals surface area (Å²) >= 11 is 0. The molecule has 0 rings (SSSR count). The first kappa shape index (κ1) is 13.4. The lowest BCUT2D eigenvalue weighted by molar-refractivity contribution is -0.153. The number of hydrogen-bond donors (Lipinski definition) is 3. The minimum Gasteiger partial charge on any atom is -0.459 e. The lowest BCUT2D eigenvalue weighted by Crippen LogP contribution is -2.36. The molecule has 5 nitrogen and oxygen atoms in total. The van der Waals surface area contributed by atoms with Crippen LogP contribution in [0.4, 0.5) is 0 Å². The minimum absolute atomic E-state index is 0.0360. The van der Waals surface area contributed by atoms with Gasteiger partial charge < -0.3 is 20.3 Å². The summed E-state index contributed by atoms with van der Waals surface area (Å²) in [6.07, 6.45) is -0.836. The van der Waals surface area contributed by atoms with Gasteiger partial charge in [-0.2, -0.15) is 0 Å². The lowest BCUT2D eigenvalue weighted by atomic mass is 10.2. The first-order chi connectivity index (χ1) is 6.35. The van der Waals surface area contributed by atoms with Crippen LogP contribution in [-0.2, 0) is 9.53 Å². The van der Waals surface area contributed by atoms with Crippen molar-refractivity contribution in [3.8, 4) is 0 Å². The molecule has 84 valence electrons. The molecule has 0 saturated carbocycles. The van der Waals surface area contributed by atoms with E-state index in [-0.39, 0.29) is 25.7 Å². The highest BCUT2D eigenvalue weighted by molar-refractivity contribution is 5.72. The fourth-order valence-corrected chi connectivity index (χ4v) is 0.783. The van der Waals surface area contributed by atoms with E-state index in [0.29, 0.717) is 0 Å². The highest BCUT2D eigenvalue weighted by atomic mass is 16.6. The molecule has 0 spiro atoms. The van der Waals surface area contributed by atoms with E-state index in [9.17, 15) is 4.79 Å². The Labute approximate surface area is 84.1 Å². The molecule has 1 atom stereocenters. The van der Waals surface area contributed by atoms with Crippen molar-refractivity contribution in [2.24, 2.45) is 0 Å². The van der Waals surface area contributed by atoms with Gasteiger partial charge in [0.1, 0.15) is 5.60 Å². The zero-order valence-corrected chi connectivity index (χ0v) is 8.91. The maximum Gasteiger partial charge on any atom is 0.320 e. The van der Waals surface area contributed by atoms with E-state index in [1.807, 2.05) is 0 Å². The molecule has 1 unspecified atom stereocenters. The van der Waals surface area contributed by atoms with E-state index in [4.69, 9.17) is 14.9 Å². The zero-order valence-electron chi connectivity index (χ0n) is 8.91. The summed E-state index contributed by atoms with van der Waals surface area (Å²) < 4.78 is 5.01. The predicted octanol–water partition coefficient (Wildman–Crippen LogP) is -0.729. The van der Waals surface area contributed by atoms with Crippen molar-refractivity contribution in [1.29, 1.82) is 0 Å². The zero-order chi connectivity index (χ0) is 11.2. The third kappa shape index (κ3) is 7.97. The van der Waals surface area contributed by atoms with Gasteiger partial charge >= 0.3 is 5.97 Å². The second kappa shape index (κ2) is 5.95. The number of ether oxygens (including phenoxy) is 1. The molecule has 0 aliphatic rings. The van der Waals surface area contributed by atoms with Crippen molar-refractivity contribution in [3.63, 3.8) is 0 Å². The quantitative estimate of drug-likeness (QED) is 0.516. The summed E-state index contributed by atoms with van der Waals surface area (Å²) in [6.45, 7) is 5.25. The van der Waals surface area contributed by atoms with Crippen molar-refractivity contribution in [2.45, 2.75) is 32.5 Å². The number of nitrogens with one attached hydrogen (secondary N) is 1. The van der Waals surface area contributed by atoms with E-state index >= 15 is 0 Å². The third-order valence-electron chi connectivity index (χ3n) is 1.28. The average Bonchev–Trinajstić information content (AvgIpc) is 2.00. The average molecular weight is 205 g/mol. The van der Waals surface area contributed by atoms with Crippen LogP contribution in [-0.4, -0.2) is 47.6 Å². The van der Waals surface area contributed by atoms with Crippen LogP contribution >= 0.6 is 0 Å². The molecule has 0 amide bonds. The molecule has 5 heteroatoms. The maximum atomic E-state index is 11.1. The van der Waals surface area contributed by atoms with Crippen molar-refractivity contribution in [3.05, 3.63) is 0 Å². The van der Waals surface area contributed by atoms with Crippen molar-refractivity contribution >= 4 is 5.97 Å². The SMILES string of the molecule is CC(C)(C)OC(=O)CNCC(O)CO. The van der Waals surface area contributed by atoms with Crippen LogP contribution in [0.25, 0.3) is 0 Å². The molecule has 0 saturated heterocycles. The fourth-order valence-electron chi connectivity index (χ4n) is 0.783. The second-order valence-electron chi connectivity index (χ2n) is 4.05. The normalized spacial score (nSPS) is 13.8. The van der Waals surface area contributed by atoms with E-state index in [1.54, 1.807) is 20.8 Å². The summed E-state index contributed by atoms with van der Waals surface area (Å²) in [7, 11) is 0. The number of esters is 1. The van der Waals surface area contributed by atoms with E-state index < -0.39 is 11.7 Å². The topological polar surface area (TPSA) is 78.8 Å². The largest absolute Gasteiger partial charge is 0.459 e. The smallest absolute Gasteiger partial charge is 0.320 e. The number of aliphatic hydroxyl groups excluding tert-OH is 2. The Morgan fingerprint density at radius 3 is 2.50 bits per heavy atom. The Morgan fingerprint density at radius 2 is 2.07 bits per heavy atom. The molecular formula is C9H19NO4. The Balaban J connectivity index is 3.55. The molecule has 0 heterocycles. The van der Waals surface area contributed by atoms with Crippen molar-refractivity contribution in [2.75, 3.05) is 19.7 Å². The van der Waals surface area contributed by atoms with Gasteiger partial charge in [0.15, 0.2) is 0 Å². The standard InChI is InChI=1S/C9H19NO4/c1-9(2,3)14-8(13)5-10-4-7(12)6-11/h7,10-12H,4-6H2,1-3H3. The van der Waals surface area contributed by atoms with Gasteiger partial charge in [-0.15, -0.1) is 0 Å². The summed E-state index contributed by atoms with van der Waals surface area (Å²) in [6, 6.07) is 0. The van der Waals surface area contributed by atoms with Crippen LogP contribution in [0.2, 0.25) is 0 Å². The van der Waals surface area contributed by atoms with Gasteiger partial charge in [-0.25, -0.2) is 0 Å². The molecule has 0 fully saturated rings. The monoisotopic (exact) mass is 205 g/mol. The highest BCUT2D eigenvalue weighted by Gasteiger charge is 2.15. The van der Waals surface area contributed by atoms with Crippen molar-refractivity contribution in [1.82, 2.24) is 5.32 Å². The molecular weight excluding hydrogens is 186 g/mol. The number of rotatable bonds is 5. The predicted molar refractivity (Wildman–Crippen MR) is 51.8 cm³/mol. The van der Waals surface area contributed by atoms with Gasteiger partial charge in [0.25, 0.3) is 0 Å². The molecule has 3 N–H and O–H groups in total. The van der Waals surface area contributed by atoms with Crippen LogP contribution in [0.15, 0.2) is 0 Å². The minimum atomic E-state index is -0.836. The van der Waals surface area contributed by atoms with Gasteiger partial charge in [-0.3, -0.25) is 4.79 Å². The molecule has 0 aromatic rings. The van der Waals surface area contributed by atoms with Crippen molar-refractivity contribution < 1.29 is 19.7 Å². The molecule has 14 heavy (non-hydrogen) atoms. The number of hydrogen-bond acceptors (Lipinski definition) is 5. The summed E-state index contributed by atoms with van der Waals surface area (Å²) in [5.74, 6) is -0.373. The number of carbonyl (C=O) groups excluding carboxylic acids is 1. The lowest BCUT2D eigenvalue weighted by Gasteiger charge is -2.19. The summed E-state index contributed by atoms with van der Waals surface area (Å²) in [5.41, 5.74) is -0.492. The Morgan fingerprint density at radius 1 is 1.50 bits per heavy atom. The Kier molecular flexibility index (Phi) is 5.68. The molecule has 0 aliphatic carbocycles. The number of aliphatic hydroxyl groups is 2. The molecule has 0 aliphatic heterocycles. The maximum absolute atomic E-state index is 11.1. The van der Waals surface area contributed by atoms with Crippen LogP contribution in [0.5, 0.6) is 0 Å². The van der Waals surface area contributed by atoms with Crippen LogP contribution in [0.3, 0.4) is 0 Å². The van der Waals surface area contributed by atoms with Gasteiger partial charge in [-0.05, 0) is 20.8 Å². The van der Waals surface area contributed by atoms with Crippen LogP contribution in [0.1, 0.15) is 20.8 Å².